The standard InChI is InChI=1S/C11H22N4/c1-8(2)11(5-6-11)7-13-10(15-12)14-9-3-4-9/h8-9H,3-7,12H2,1-2H3,(H2,13,14,15). The fourth-order valence-electron chi connectivity index (χ4n) is 1.87. The Labute approximate surface area is 91.7 Å². The third-order valence-electron chi connectivity index (χ3n) is 3.72. The van der Waals surface area contributed by atoms with E-state index in [4.69, 9.17) is 5.84 Å². The summed E-state index contributed by atoms with van der Waals surface area (Å²) in [5.74, 6) is 6.92. The predicted molar refractivity (Wildman–Crippen MR) is 62.3 cm³/mol. The Morgan fingerprint density at radius 2 is 2.13 bits per heavy atom. The van der Waals surface area contributed by atoms with Gasteiger partial charge in [-0.3, -0.25) is 10.4 Å². The summed E-state index contributed by atoms with van der Waals surface area (Å²) in [5, 5.41) is 3.29. The molecule has 0 atom stereocenters. The van der Waals surface area contributed by atoms with Crippen molar-refractivity contribution in [1.29, 1.82) is 0 Å². The fourth-order valence-corrected chi connectivity index (χ4v) is 1.87. The van der Waals surface area contributed by atoms with Crippen molar-refractivity contribution in [2.45, 2.75) is 45.6 Å². The van der Waals surface area contributed by atoms with Crippen LogP contribution in [0.5, 0.6) is 0 Å². The number of nitrogens with two attached hydrogens (primary N) is 1. The molecule has 2 rings (SSSR count). The molecule has 0 bridgehead atoms. The maximum absolute atomic E-state index is 5.43. The molecule has 2 aliphatic rings. The summed E-state index contributed by atoms with van der Waals surface area (Å²) in [4.78, 5) is 4.55. The van der Waals surface area contributed by atoms with Gasteiger partial charge in [-0.2, -0.15) is 0 Å². The summed E-state index contributed by atoms with van der Waals surface area (Å²) in [7, 11) is 0. The highest BCUT2D eigenvalue weighted by molar-refractivity contribution is 5.79. The second kappa shape index (κ2) is 4.00. The lowest BCUT2D eigenvalue weighted by Crippen LogP contribution is -2.43. The Balaban J connectivity index is 1.84. The van der Waals surface area contributed by atoms with Gasteiger partial charge in [0.2, 0.25) is 5.96 Å². The van der Waals surface area contributed by atoms with Crippen LogP contribution < -0.4 is 16.6 Å². The molecular formula is C11H22N4. The Hall–Kier alpha value is -0.770. The average molecular weight is 210 g/mol. The van der Waals surface area contributed by atoms with Crippen LogP contribution in [0.1, 0.15) is 39.5 Å². The van der Waals surface area contributed by atoms with Crippen molar-refractivity contribution in [1.82, 2.24) is 10.7 Å². The summed E-state index contributed by atoms with van der Waals surface area (Å²) < 4.78 is 0. The van der Waals surface area contributed by atoms with Crippen molar-refractivity contribution in [2.24, 2.45) is 22.2 Å². The van der Waals surface area contributed by atoms with E-state index in [2.05, 4.69) is 29.6 Å². The van der Waals surface area contributed by atoms with Gasteiger partial charge in [-0.15, -0.1) is 0 Å². The molecule has 4 N–H and O–H groups in total. The van der Waals surface area contributed by atoms with E-state index >= 15 is 0 Å². The molecule has 4 heteroatoms. The molecule has 0 aliphatic heterocycles. The topological polar surface area (TPSA) is 62.4 Å². The van der Waals surface area contributed by atoms with Crippen molar-refractivity contribution < 1.29 is 0 Å². The molecule has 0 aromatic rings. The Kier molecular flexibility index (Phi) is 2.87. The number of nitrogens with one attached hydrogen (secondary N) is 2. The fraction of sp³-hybridized carbons (Fsp3) is 0.909. The third kappa shape index (κ3) is 2.62. The van der Waals surface area contributed by atoms with Crippen molar-refractivity contribution in [3.63, 3.8) is 0 Å². The second-order valence-corrected chi connectivity index (χ2v) is 5.24. The van der Waals surface area contributed by atoms with Crippen LogP contribution in [0.15, 0.2) is 4.99 Å². The lowest BCUT2D eigenvalue weighted by atomic mass is 9.93. The van der Waals surface area contributed by atoms with E-state index in [1.165, 1.54) is 25.7 Å². The number of rotatable bonds is 4. The highest BCUT2D eigenvalue weighted by Crippen LogP contribution is 2.51. The lowest BCUT2D eigenvalue weighted by molar-refractivity contribution is 0.370. The largest absolute Gasteiger partial charge is 0.353 e. The van der Waals surface area contributed by atoms with Crippen LogP contribution in [0.2, 0.25) is 0 Å². The zero-order valence-corrected chi connectivity index (χ0v) is 9.71. The summed E-state index contributed by atoms with van der Waals surface area (Å²) in [5.41, 5.74) is 3.12. The molecule has 0 heterocycles. The maximum atomic E-state index is 5.43. The van der Waals surface area contributed by atoms with Gasteiger partial charge >= 0.3 is 0 Å². The van der Waals surface area contributed by atoms with E-state index in [0.29, 0.717) is 11.5 Å². The van der Waals surface area contributed by atoms with Gasteiger partial charge in [-0.1, -0.05) is 13.8 Å². The van der Waals surface area contributed by atoms with Gasteiger partial charge in [0.15, 0.2) is 0 Å². The molecule has 0 unspecified atom stereocenters. The van der Waals surface area contributed by atoms with Crippen LogP contribution in [0.3, 0.4) is 0 Å². The maximum Gasteiger partial charge on any atom is 0.205 e. The number of hydrazine groups is 1. The molecule has 86 valence electrons. The zero-order chi connectivity index (χ0) is 10.9. The first-order valence-corrected chi connectivity index (χ1v) is 5.94. The van der Waals surface area contributed by atoms with Crippen molar-refractivity contribution >= 4 is 5.96 Å². The van der Waals surface area contributed by atoms with Crippen LogP contribution in [0, 0.1) is 11.3 Å². The van der Waals surface area contributed by atoms with Gasteiger partial charge in [0, 0.05) is 12.6 Å². The molecule has 15 heavy (non-hydrogen) atoms. The van der Waals surface area contributed by atoms with Gasteiger partial charge in [0.05, 0.1) is 0 Å². The lowest BCUT2D eigenvalue weighted by Gasteiger charge is -2.17. The number of aliphatic imine (C=N–C) groups is 1. The third-order valence-corrected chi connectivity index (χ3v) is 3.72. The van der Waals surface area contributed by atoms with E-state index in [0.717, 1.165) is 18.4 Å². The van der Waals surface area contributed by atoms with Crippen molar-refractivity contribution in [2.75, 3.05) is 6.54 Å². The van der Waals surface area contributed by atoms with Gasteiger partial charge in [0.25, 0.3) is 0 Å². The minimum atomic E-state index is 0.466. The molecule has 0 aromatic heterocycles. The van der Waals surface area contributed by atoms with Gasteiger partial charge in [-0.05, 0) is 37.0 Å². The summed E-state index contributed by atoms with van der Waals surface area (Å²) in [6, 6.07) is 0.606. The van der Waals surface area contributed by atoms with Crippen molar-refractivity contribution in [3.05, 3.63) is 0 Å². The molecule has 0 aromatic carbocycles. The zero-order valence-electron chi connectivity index (χ0n) is 9.71. The molecule has 2 fully saturated rings. The summed E-state index contributed by atoms with van der Waals surface area (Å²) >= 11 is 0. The van der Waals surface area contributed by atoms with Crippen LogP contribution in [-0.4, -0.2) is 18.5 Å². The molecular weight excluding hydrogens is 188 g/mol. The van der Waals surface area contributed by atoms with Crippen LogP contribution in [0.25, 0.3) is 0 Å². The number of hydrogen-bond donors (Lipinski definition) is 3. The molecule has 0 saturated heterocycles. The Morgan fingerprint density at radius 3 is 2.53 bits per heavy atom. The molecule has 2 saturated carbocycles. The minimum Gasteiger partial charge on any atom is -0.353 e. The number of hydrogen-bond acceptors (Lipinski definition) is 2. The molecule has 0 radical (unpaired) electrons. The minimum absolute atomic E-state index is 0.466. The Morgan fingerprint density at radius 1 is 1.47 bits per heavy atom. The van der Waals surface area contributed by atoms with E-state index in [9.17, 15) is 0 Å². The normalized spacial score (nSPS) is 24.1. The average Bonchev–Trinajstić information content (AvgIpc) is 3.07. The van der Waals surface area contributed by atoms with Crippen molar-refractivity contribution in [3.8, 4) is 0 Å². The van der Waals surface area contributed by atoms with E-state index in [1.807, 2.05) is 0 Å². The van der Waals surface area contributed by atoms with Gasteiger partial charge in [-0.25, -0.2) is 5.84 Å². The number of nitrogens with zero attached hydrogens (tertiary/aromatic N) is 1. The number of guanidine groups is 1. The quantitative estimate of drug-likeness (QED) is 0.281. The van der Waals surface area contributed by atoms with E-state index < -0.39 is 0 Å². The van der Waals surface area contributed by atoms with Crippen LogP contribution in [-0.2, 0) is 0 Å². The highest BCUT2D eigenvalue weighted by atomic mass is 15.3. The molecule has 0 amide bonds. The SMILES string of the molecule is CC(C)C1(CN=C(NN)NC2CC2)CC1. The smallest absolute Gasteiger partial charge is 0.205 e. The van der Waals surface area contributed by atoms with Gasteiger partial charge < -0.3 is 5.32 Å². The predicted octanol–water partition coefficient (Wildman–Crippen LogP) is 0.994. The molecule has 2 aliphatic carbocycles. The van der Waals surface area contributed by atoms with E-state index in [-0.39, 0.29) is 0 Å². The van der Waals surface area contributed by atoms with Gasteiger partial charge in [0.1, 0.15) is 0 Å². The molecule has 0 spiro atoms. The first kappa shape index (κ1) is 10.7. The first-order chi connectivity index (χ1) is 7.16. The highest BCUT2D eigenvalue weighted by Gasteiger charge is 2.45. The van der Waals surface area contributed by atoms with E-state index in [1.54, 1.807) is 0 Å². The second-order valence-electron chi connectivity index (χ2n) is 5.24. The summed E-state index contributed by atoms with van der Waals surface area (Å²) in [6.45, 7) is 5.47. The Bertz CT molecular complexity index is 251. The monoisotopic (exact) mass is 210 g/mol. The first-order valence-electron chi connectivity index (χ1n) is 5.94. The van der Waals surface area contributed by atoms with Crippen LogP contribution >= 0.6 is 0 Å². The van der Waals surface area contributed by atoms with Crippen LogP contribution in [0.4, 0.5) is 0 Å². The molecule has 4 nitrogen and oxygen atoms in total. The summed E-state index contributed by atoms with van der Waals surface area (Å²) in [6.07, 6.45) is 5.12.